The minimum absolute atomic E-state index is 0.251. The second kappa shape index (κ2) is 5.19. The van der Waals surface area contributed by atoms with Crippen LogP contribution in [0.4, 0.5) is 0 Å². The molecule has 1 fully saturated rings. The first-order valence-electron chi connectivity index (χ1n) is 6.64. The molecule has 1 aromatic rings. The van der Waals surface area contributed by atoms with Crippen LogP contribution in [0.25, 0.3) is 0 Å². The van der Waals surface area contributed by atoms with Crippen LogP contribution in [-0.2, 0) is 6.54 Å². The molecule has 1 heterocycles. The van der Waals surface area contributed by atoms with Gasteiger partial charge < -0.3 is 5.32 Å². The van der Waals surface area contributed by atoms with Crippen LogP contribution in [0.3, 0.4) is 0 Å². The average Bonchev–Trinajstić information content (AvgIpc) is 2.33. The van der Waals surface area contributed by atoms with Crippen molar-refractivity contribution in [1.29, 1.82) is 0 Å². The monoisotopic (exact) mass is 232 g/mol. The molecule has 1 atom stereocenters. The van der Waals surface area contributed by atoms with Gasteiger partial charge in [0, 0.05) is 31.2 Å². The molecule has 0 unspecified atom stereocenters. The van der Waals surface area contributed by atoms with E-state index < -0.39 is 0 Å². The van der Waals surface area contributed by atoms with E-state index in [2.05, 4.69) is 61.3 Å². The third-order valence-electron chi connectivity index (χ3n) is 3.83. The predicted molar refractivity (Wildman–Crippen MR) is 73.0 cm³/mol. The van der Waals surface area contributed by atoms with E-state index in [1.807, 2.05) is 0 Å². The fourth-order valence-electron chi connectivity index (χ4n) is 2.44. The van der Waals surface area contributed by atoms with Gasteiger partial charge in [0.1, 0.15) is 0 Å². The van der Waals surface area contributed by atoms with Gasteiger partial charge in [-0.2, -0.15) is 0 Å². The molecule has 0 saturated carbocycles. The van der Waals surface area contributed by atoms with Crippen molar-refractivity contribution in [3.8, 4) is 0 Å². The van der Waals surface area contributed by atoms with Gasteiger partial charge >= 0.3 is 0 Å². The Balaban J connectivity index is 2.06. The molecule has 0 aliphatic carbocycles. The zero-order valence-electron chi connectivity index (χ0n) is 11.2. The molecule has 1 saturated heterocycles. The van der Waals surface area contributed by atoms with E-state index in [1.165, 1.54) is 12.0 Å². The van der Waals surface area contributed by atoms with Crippen LogP contribution < -0.4 is 5.32 Å². The Morgan fingerprint density at radius 2 is 2.00 bits per heavy atom. The fraction of sp³-hybridized carbons (Fsp3) is 0.600. The van der Waals surface area contributed by atoms with E-state index in [1.54, 1.807) is 0 Å². The lowest BCUT2D eigenvalue weighted by Gasteiger charge is -2.46. The van der Waals surface area contributed by atoms with Crippen molar-refractivity contribution in [2.45, 2.75) is 45.3 Å². The summed E-state index contributed by atoms with van der Waals surface area (Å²) in [5.41, 5.74) is 1.67. The van der Waals surface area contributed by atoms with Crippen molar-refractivity contribution in [3.05, 3.63) is 35.9 Å². The van der Waals surface area contributed by atoms with E-state index in [4.69, 9.17) is 0 Å². The highest BCUT2D eigenvalue weighted by atomic mass is 15.3. The Morgan fingerprint density at radius 1 is 1.29 bits per heavy atom. The first kappa shape index (κ1) is 12.6. The van der Waals surface area contributed by atoms with Crippen LogP contribution in [-0.4, -0.2) is 29.6 Å². The quantitative estimate of drug-likeness (QED) is 0.862. The summed E-state index contributed by atoms with van der Waals surface area (Å²) >= 11 is 0. The molecule has 0 radical (unpaired) electrons. The topological polar surface area (TPSA) is 15.3 Å². The summed E-state index contributed by atoms with van der Waals surface area (Å²) < 4.78 is 0. The Morgan fingerprint density at radius 3 is 2.65 bits per heavy atom. The maximum atomic E-state index is 3.63. The van der Waals surface area contributed by atoms with Crippen molar-refractivity contribution < 1.29 is 0 Å². The van der Waals surface area contributed by atoms with Gasteiger partial charge in [-0.05, 0) is 25.8 Å². The van der Waals surface area contributed by atoms with Crippen molar-refractivity contribution in [2.24, 2.45) is 0 Å². The molecule has 94 valence electrons. The number of benzene rings is 1. The first-order chi connectivity index (χ1) is 8.12. The lowest BCUT2D eigenvalue weighted by molar-refractivity contribution is 0.0577. The zero-order valence-corrected chi connectivity index (χ0v) is 11.2. The molecule has 17 heavy (non-hydrogen) atoms. The zero-order chi connectivity index (χ0) is 12.3. The Labute approximate surface area is 105 Å². The van der Waals surface area contributed by atoms with Crippen molar-refractivity contribution >= 4 is 0 Å². The molecular weight excluding hydrogens is 208 g/mol. The summed E-state index contributed by atoms with van der Waals surface area (Å²) in [6.07, 6.45) is 1.21. The number of nitrogens with zero attached hydrogens (tertiary/aromatic N) is 1. The van der Waals surface area contributed by atoms with Gasteiger partial charge in [0.05, 0.1) is 0 Å². The normalized spacial score (nSPS) is 24.8. The average molecular weight is 232 g/mol. The van der Waals surface area contributed by atoms with Crippen LogP contribution in [0, 0.1) is 0 Å². The van der Waals surface area contributed by atoms with Gasteiger partial charge in [-0.3, -0.25) is 4.90 Å². The molecule has 2 heteroatoms. The number of piperazine rings is 1. The first-order valence-corrected chi connectivity index (χ1v) is 6.64. The van der Waals surface area contributed by atoms with Crippen LogP contribution in [0.15, 0.2) is 30.3 Å². The molecule has 2 rings (SSSR count). The summed E-state index contributed by atoms with van der Waals surface area (Å²) in [6.45, 7) is 10.2. The third-order valence-corrected chi connectivity index (χ3v) is 3.83. The molecule has 2 nitrogen and oxygen atoms in total. The van der Waals surface area contributed by atoms with Crippen molar-refractivity contribution in [2.75, 3.05) is 13.1 Å². The summed E-state index contributed by atoms with van der Waals surface area (Å²) in [4.78, 5) is 2.60. The summed E-state index contributed by atoms with van der Waals surface area (Å²) in [5, 5.41) is 3.63. The van der Waals surface area contributed by atoms with Crippen molar-refractivity contribution in [1.82, 2.24) is 10.2 Å². The second-order valence-electron chi connectivity index (χ2n) is 5.66. The molecule has 0 bridgehead atoms. The molecule has 1 aliphatic rings. The number of nitrogens with one attached hydrogen (secondary N) is 1. The molecule has 1 aliphatic heterocycles. The lowest BCUT2D eigenvalue weighted by Crippen LogP contribution is -2.61. The molecule has 0 spiro atoms. The van der Waals surface area contributed by atoms with Crippen LogP contribution in [0.2, 0.25) is 0 Å². The number of hydrogen-bond donors (Lipinski definition) is 1. The van der Waals surface area contributed by atoms with E-state index in [-0.39, 0.29) is 5.54 Å². The maximum absolute atomic E-state index is 3.63. The van der Waals surface area contributed by atoms with Gasteiger partial charge in [-0.15, -0.1) is 0 Å². The summed E-state index contributed by atoms with van der Waals surface area (Å²) in [6, 6.07) is 11.4. The van der Waals surface area contributed by atoms with Gasteiger partial charge in [0.2, 0.25) is 0 Å². The second-order valence-corrected chi connectivity index (χ2v) is 5.66. The largest absolute Gasteiger partial charge is 0.311 e. The Bertz CT molecular complexity index is 345. The molecule has 0 amide bonds. The van der Waals surface area contributed by atoms with E-state index in [9.17, 15) is 0 Å². The summed E-state index contributed by atoms with van der Waals surface area (Å²) in [7, 11) is 0. The molecule has 1 aromatic carbocycles. The van der Waals surface area contributed by atoms with Crippen LogP contribution >= 0.6 is 0 Å². The van der Waals surface area contributed by atoms with Crippen LogP contribution in [0.5, 0.6) is 0 Å². The van der Waals surface area contributed by atoms with E-state index in [0.717, 1.165) is 19.6 Å². The number of hydrogen-bond acceptors (Lipinski definition) is 2. The van der Waals surface area contributed by atoms with Gasteiger partial charge in [0.15, 0.2) is 0 Å². The van der Waals surface area contributed by atoms with Crippen molar-refractivity contribution in [3.63, 3.8) is 0 Å². The molecule has 0 aromatic heterocycles. The standard InChI is InChI=1S/C15H24N2/c1-4-14-11-17(15(2,3)12-16-14)10-13-8-6-5-7-9-13/h5-9,14,16H,4,10-12H2,1-3H3/t14-/m0/s1. The number of rotatable bonds is 3. The highest BCUT2D eigenvalue weighted by molar-refractivity contribution is 5.15. The maximum Gasteiger partial charge on any atom is 0.0281 e. The highest BCUT2D eigenvalue weighted by Gasteiger charge is 2.32. The highest BCUT2D eigenvalue weighted by Crippen LogP contribution is 2.22. The third kappa shape index (κ3) is 3.08. The van der Waals surface area contributed by atoms with Gasteiger partial charge in [-0.1, -0.05) is 37.3 Å². The SMILES string of the molecule is CC[C@H]1CN(Cc2ccccc2)C(C)(C)CN1. The van der Waals surface area contributed by atoms with Gasteiger partial charge in [0.25, 0.3) is 0 Å². The Hall–Kier alpha value is -0.860. The lowest BCUT2D eigenvalue weighted by atomic mass is 9.95. The predicted octanol–water partition coefficient (Wildman–Crippen LogP) is 2.65. The minimum Gasteiger partial charge on any atom is -0.311 e. The minimum atomic E-state index is 0.251. The molecule has 1 N–H and O–H groups in total. The van der Waals surface area contributed by atoms with E-state index >= 15 is 0 Å². The molecular formula is C15H24N2. The smallest absolute Gasteiger partial charge is 0.0281 e. The van der Waals surface area contributed by atoms with E-state index in [0.29, 0.717) is 6.04 Å². The summed E-state index contributed by atoms with van der Waals surface area (Å²) in [5.74, 6) is 0. The van der Waals surface area contributed by atoms with Gasteiger partial charge in [-0.25, -0.2) is 0 Å². The van der Waals surface area contributed by atoms with Crippen LogP contribution in [0.1, 0.15) is 32.8 Å². The fourth-order valence-corrected chi connectivity index (χ4v) is 2.44. The Kier molecular flexibility index (Phi) is 3.85.